The highest BCUT2D eigenvalue weighted by Crippen LogP contribution is 2.37. The average Bonchev–Trinajstić information content (AvgIpc) is 3.23. The maximum atomic E-state index is 11.1. The van der Waals surface area contributed by atoms with Gasteiger partial charge in [-0.25, -0.2) is 9.97 Å². The summed E-state index contributed by atoms with van der Waals surface area (Å²) in [5.41, 5.74) is 1.23. The lowest BCUT2D eigenvalue weighted by molar-refractivity contribution is -0.136. The van der Waals surface area contributed by atoms with Crippen molar-refractivity contribution in [2.24, 2.45) is 0 Å². The zero-order valence-corrected chi connectivity index (χ0v) is 14.4. The van der Waals surface area contributed by atoms with Crippen molar-refractivity contribution in [2.75, 3.05) is 0 Å². The number of carbonyl (C=O) groups is 1. The van der Waals surface area contributed by atoms with Gasteiger partial charge < -0.3 is 9.52 Å². The molecule has 0 atom stereocenters. The molecule has 0 amide bonds. The molecule has 4 aromatic rings. The van der Waals surface area contributed by atoms with Crippen molar-refractivity contribution in [3.8, 4) is 21.5 Å². The molecule has 0 bridgehead atoms. The average molecular weight is 377 g/mol. The Morgan fingerprint density at radius 2 is 2.00 bits per heavy atom. The minimum absolute atomic E-state index is 0.223. The molecule has 0 radical (unpaired) electrons. The van der Waals surface area contributed by atoms with E-state index in [9.17, 15) is 4.79 Å². The third-order valence-corrected chi connectivity index (χ3v) is 5.54. The molecule has 8 heteroatoms. The first-order valence-electron chi connectivity index (χ1n) is 6.93. The normalized spacial score (nSPS) is 11.2. The summed E-state index contributed by atoms with van der Waals surface area (Å²) >= 11 is 8.75. The molecule has 3 aromatic heterocycles. The number of carboxylic acid groups (broad SMARTS) is 1. The summed E-state index contributed by atoms with van der Waals surface area (Å²) in [7, 11) is 0. The molecule has 4 rings (SSSR count). The van der Waals surface area contributed by atoms with Crippen LogP contribution in [-0.2, 0) is 11.2 Å². The van der Waals surface area contributed by atoms with E-state index in [2.05, 4.69) is 9.97 Å². The van der Waals surface area contributed by atoms with E-state index in [1.165, 1.54) is 22.7 Å². The lowest BCUT2D eigenvalue weighted by Gasteiger charge is -1.94. The highest BCUT2D eigenvalue weighted by atomic mass is 35.5. The molecule has 1 aromatic carbocycles. The Morgan fingerprint density at radius 1 is 1.17 bits per heavy atom. The first kappa shape index (κ1) is 15.3. The minimum atomic E-state index is -0.969. The second-order valence-corrected chi connectivity index (χ2v) is 7.70. The number of benzene rings is 1. The fourth-order valence-corrected chi connectivity index (χ4v) is 4.24. The highest BCUT2D eigenvalue weighted by molar-refractivity contribution is 7.21. The van der Waals surface area contributed by atoms with Gasteiger partial charge in [-0.3, -0.25) is 4.79 Å². The smallest absolute Gasteiger partial charge is 0.309 e. The van der Waals surface area contributed by atoms with E-state index in [0.717, 1.165) is 15.1 Å². The first-order chi connectivity index (χ1) is 11.6. The third-order valence-electron chi connectivity index (χ3n) is 3.29. The van der Waals surface area contributed by atoms with Crippen molar-refractivity contribution in [1.82, 2.24) is 9.97 Å². The molecule has 0 aliphatic heterocycles. The molecule has 1 N–H and O–H groups in total. The number of rotatable bonds is 4. The lowest BCUT2D eigenvalue weighted by Crippen LogP contribution is -2.01. The van der Waals surface area contributed by atoms with E-state index in [-0.39, 0.29) is 6.42 Å². The lowest BCUT2D eigenvalue weighted by atomic mass is 10.2. The van der Waals surface area contributed by atoms with Crippen LogP contribution in [0.25, 0.3) is 31.8 Å². The van der Waals surface area contributed by atoms with Crippen LogP contribution in [0.5, 0.6) is 0 Å². The predicted octanol–water partition coefficient (Wildman–Crippen LogP) is 4.96. The fraction of sp³-hybridized carbons (Fsp3) is 0.0625. The molecule has 0 saturated carbocycles. The van der Waals surface area contributed by atoms with E-state index < -0.39 is 5.97 Å². The summed E-state index contributed by atoms with van der Waals surface area (Å²) in [6.07, 6.45) is -0.223. The summed E-state index contributed by atoms with van der Waals surface area (Å²) in [5.74, 6) is -0.210. The number of thiophene rings is 1. The second kappa shape index (κ2) is 6.01. The van der Waals surface area contributed by atoms with Gasteiger partial charge in [-0.1, -0.05) is 23.7 Å². The van der Waals surface area contributed by atoms with E-state index >= 15 is 0 Å². The number of nitrogens with zero attached hydrogens (tertiary/aromatic N) is 2. The van der Waals surface area contributed by atoms with Gasteiger partial charge in [0.1, 0.15) is 0 Å². The van der Waals surface area contributed by atoms with Gasteiger partial charge in [0, 0.05) is 0 Å². The van der Waals surface area contributed by atoms with Crippen LogP contribution in [0.2, 0.25) is 4.34 Å². The van der Waals surface area contributed by atoms with Gasteiger partial charge in [-0.2, -0.15) is 0 Å². The van der Waals surface area contributed by atoms with Gasteiger partial charge in [0.2, 0.25) is 0 Å². The largest absolute Gasteiger partial charge is 0.481 e. The number of fused-ring (bicyclic) bond motifs is 1. The number of hydrogen-bond donors (Lipinski definition) is 1. The maximum absolute atomic E-state index is 11.1. The molecule has 0 unspecified atom stereocenters. The Morgan fingerprint density at radius 3 is 2.71 bits per heavy atom. The minimum Gasteiger partial charge on any atom is -0.481 e. The van der Waals surface area contributed by atoms with Gasteiger partial charge in [0.25, 0.3) is 5.89 Å². The van der Waals surface area contributed by atoms with Crippen molar-refractivity contribution in [2.45, 2.75) is 6.42 Å². The van der Waals surface area contributed by atoms with E-state index in [1.807, 2.05) is 24.3 Å². The summed E-state index contributed by atoms with van der Waals surface area (Å²) in [4.78, 5) is 20.7. The number of para-hydroxylation sites is 1. The Hall–Kier alpha value is -2.22. The van der Waals surface area contributed by atoms with Crippen molar-refractivity contribution in [3.63, 3.8) is 0 Å². The van der Waals surface area contributed by atoms with Crippen molar-refractivity contribution < 1.29 is 14.3 Å². The molecule has 0 fully saturated rings. The molecule has 5 nitrogen and oxygen atoms in total. The molecule has 0 aliphatic rings. The van der Waals surface area contributed by atoms with Gasteiger partial charge in [0.15, 0.2) is 10.8 Å². The summed E-state index contributed by atoms with van der Waals surface area (Å²) < 4.78 is 7.48. The molecule has 24 heavy (non-hydrogen) atoms. The zero-order valence-electron chi connectivity index (χ0n) is 12.0. The Labute approximate surface area is 149 Å². The van der Waals surface area contributed by atoms with Crippen LogP contribution in [0.4, 0.5) is 0 Å². The van der Waals surface area contributed by atoms with Gasteiger partial charge >= 0.3 is 5.97 Å². The monoisotopic (exact) mass is 376 g/mol. The number of thiazole rings is 1. The summed E-state index contributed by atoms with van der Waals surface area (Å²) in [5, 5.41) is 9.74. The van der Waals surface area contributed by atoms with E-state index in [1.54, 1.807) is 12.1 Å². The quantitative estimate of drug-likeness (QED) is 0.544. The summed E-state index contributed by atoms with van der Waals surface area (Å²) in [6.45, 7) is 0. The van der Waals surface area contributed by atoms with Crippen molar-refractivity contribution in [3.05, 3.63) is 46.4 Å². The van der Waals surface area contributed by atoms with Crippen LogP contribution in [-0.4, -0.2) is 21.0 Å². The van der Waals surface area contributed by atoms with Gasteiger partial charge in [-0.15, -0.1) is 22.7 Å². The highest BCUT2D eigenvalue weighted by Gasteiger charge is 2.21. The van der Waals surface area contributed by atoms with Gasteiger partial charge in [0.05, 0.1) is 31.5 Å². The predicted molar refractivity (Wildman–Crippen MR) is 94.8 cm³/mol. The SMILES string of the molecule is O=C(O)Cc1nc(-c2nc3ccccc3s2)oc1-c1ccc(Cl)s1. The molecule has 0 saturated heterocycles. The Bertz CT molecular complexity index is 1020. The second-order valence-electron chi connectivity index (χ2n) is 4.96. The van der Waals surface area contributed by atoms with E-state index in [0.29, 0.717) is 26.7 Å². The maximum Gasteiger partial charge on any atom is 0.309 e. The number of halogens is 1. The van der Waals surface area contributed by atoms with Crippen LogP contribution in [0.3, 0.4) is 0 Å². The fourth-order valence-electron chi connectivity index (χ4n) is 2.30. The number of aromatic nitrogens is 2. The van der Waals surface area contributed by atoms with Crippen LogP contribution < -0.4 is 0 Å². The number of carboxylic acids is 1. The van der Waals surface area contributed by atoms with E-state index in [4.69, 9.17) is 21.1 Å². The molecule has 120 valence electrons. The Kier molecular flexibility index (Phi) is 3.84. The van der Waals surface area contributed by atoms with Crippen LogP contribution in [0.1, 0.15) is 5.69 Å². The Balaban J connectivity index is 1.84. The van der Waals surface area contributed by atoms with Crippen molar-refractivity contribution >= 4 is 50.5 Å². The third kappa shape index (κ3) is 2.82. The zero-order chi connectivity index (χ0) is 16.7. The molecular formula is C16H9ClN2O3S2. The van der Waals surface area contributed by atoms with Crippen LogP contribution in [0.15, 0.2) is 40.8 Å². The summed E-state index contributed by atoms with van der Waals surface area (Å²) in [6, 6.07) is 11.3. The van der Waals surface area contributed by atoms with Crippen molar-refractivity contribution in [1.29, 1.82) is 0 Å². The molecule has 0 aliphatic carbocycles. The standard InChI is InChI=1S/C16H9ClN2O3S2/c17-12-6-5-11(23-12)14-9(7-13(20)21)18-15(22-14)16-19-8-3-1-2-4-10(8)24-16/h1-6H,7H2,(H,20,21). The van der Waals surface area contributed by atoms with Crippen LogP contribution in [0, 0.1) is 0 Å². The number of hydrogen-bond acceptors (Lipinski definition) is 6. The van der Waals surface area contributed by atoms with Crippen LogP contribution >= 0.6 is 34.3 Å². The number of oxazole rings is 1. The molecular weight excluding hydrogens is 368 g/mol. The first-order valence-corrected chi connectivity index (χ1v) is 8.94. The topological polar surface area (TPSA) is 76.2 Å². The molecule has 0 spiro atoms. The van der Waals surface area contributed by atoms with Gasteiger partial charge in [-0.05, 0) is 24.3 Å². The molecule has 3 heterocycles. The number of aliphatic carboxylic acids is 1.